The lowest BCUT2D eigenvalue weighted by Crippen LogP contribution is -2.05. The summed E-state index contributed by atoms with van der Waals surface area (Å²) < 4.78 is 38.1. The smallest absolute Gasteiger partial charge is 0.416 e. The molecule has 5 nitrogen and oxygen atoms in total. The highest BCUT2D eigenvalue weighted by Gasteiger charge is 2.30. The Morgan fingerprint density at radius 2 is 1.44 bits per heavy atom. The third kappa shape index (κ3) is 4.37. The molecule has 0 spiro atoms. The maximum absolute atomic E-state index is 12.7. The highest BCUT2D eigenvalue weighted by Crippen LogP contribution is 2.31. The lowest BCUT2D eigenvalue weighted by atomic mass is 10.2. The number of nitrogens with zero attached hydrogens (tertiary/aromatic N) is 2. The predicted octanol–water partition coefficient (Wildman–Crippen LogP) is 4.69. The molecule has 3 rings (SSSR count). The minimum absolute atomic E-state index is 0.104. The number of hydrogen-bond donors (Lipinski definition) is 3. The van der Waals surface area contributed by atoms with Crippen LogP contribution in [-0.2, 0) is 6.18 Å². The molecule has 8 heteroatoms. The van der Waals surface area contributed by atoms with Crippen LogP contribution in [0.3, 0.4) is 0 Å². The zero-order valence-electron chi connectivity index (χ0n) is 12.7. The number of hydrogen-bond acceptors (Lipinski definition) is 5. The van der Waals surface area contributed by atoms with Gasteiger partial charge in [0.1, 0.15) is 5.75 Å². The second kappa shape index (κ2) is 6.68. The number of nitrogens with one attached hydrogen (secondary N) is 2. The molecule has 2 aromatic carbocycles. The van der Waals surface area contributed by atoms with Crippen molar-refractivity contribution in [3.63, 3.8) is 0 Å². The van der Waals surface area contributed by atoms with Crippen molar-refractivity contribution in [2.24, 2.45) is 0 Å². The Labute approximate surface area is 141 Å². The monoisotopic (exact) mass is 346 g/mol. The average Bonchev–Trinajstić information content (AvgIpc) is 2.56. The summed E-state index contributed by atoms with van der Waals surface area (Å²) >= 11 is 0. The molecule has 0 radical (unpaired) electrons. The van der Waals surface area contributed by atoms with Crippen LogP contribution in [0.4, 0.5) is 36.2 Å². The Bertz CT molecular complexity index is 866. The van der Waals surface area contributed by atoms with E-state index in [0.717, 1.165) is 12.1 Å². The molecule has 0 aliphatic carbocycles. The van der Waals surface area contributed by atoms with Gasteiger partial charge in [0.05, 0.1) is 23.6 Å². The zero-order valence-corrected chi connectivity index (χ0v) is 12.7. The molecule has 1 aromatic heterocycles. The first kappa shape index (κ1) is 16.6. The Kier molecular flexibility index (Phi) is 4.42. The highest BCUT2D eigenvalue weighted by molar-refractivity contribution is 5.61. The van der Waals surface area contributed by atoms with Gasteiger partial charge in [-0.15, -0.1) is 0 Å². The number of halogens is 3. The molecule has 0 fully saturated rings. The minimum Gasteiger partial charge on any atom is -0.508 e. The molecule has 0 saturated heterocycles. The molecule has 3 aromatic rings. The van der Waals surface area contributed by atoms with Crippen LogP contribution < -0.4 is 10.6 Å². The lowest BCUT2D eigenvalue weighted by Gasteiger charge is -2.11. The van der Waals surface area contributed by atoms with Gasteiger partial charge < -0.3 is 15.7 Å². The molecule has 0 aliphatic heterocycles. The molecule has 0 atom stereocenters. The Morgan fingerprint density at radius 3 is 2.08 bits per heavy atom. The topological polar surface area (TPSA) is 70.1 Å². The minimum atomic E-state index is -4.40. The lowest BCUT2D eigenvalue weighted by molar-refractivity contribution is -0.137. The van der Waals surface area contributed by atoms with Gasteiger partial charge in [0.25, 0.3) is 0 Å². The van der Waals surface area contributed by atoms with E-state index in [0.29, 0.717) is 17.3 Å². The summed E-state index contributed by atoms with van der Waals surface area (Å²) in [4.78, 5) is 8.16. The number of benzene rings is 2. The standard InChI is InChI=1S/C17H13F3N4O/c18-17(19,20)11-3-1-4-12(7-11)23-14-9-21-16(22-10-14)24-13-5-2-6-15(25)8-13/h1-10,23,25H,(H,21,22,24). The van der Waals surface area contributed by atoms with E-state index in [1.165, 1.54) is 36.7 Å². The van der Waals surface area contributed by atoms with E-state index in [-0.39, 0.29) is 11.4 Å². The van der Waals surface area contributed by atoms with Gasteiger partial charge in [-0.2, -0.15) is 13.2 Å². The summed E-state index contributed by atoms with van der Waals surface area (Å²) in [7, 11) is 0. The summed E-state index contributed by atoms with van der Waals surface area (Å²) in [6.07, 6.45) is -1.51. The van der Waals surface area contributed by atoms with Crippen molar-refractivity contribution >= 4 is 23.0 Å². The fourth-order valence-corrected chi connectivity index (χ4v) is 2.11. The molecule has 0 aliphatic rings. The van der Waals surface area contributed by atoms with Crippen molar-refractivity contribution in [2.75, 3.05) is 10.6 Å². The van der Waals surface area contributed by atoms with Gasteiger partial charge >= 0.3 is 6.18 Å². The first-order chi connectivity index (χ1) is 11.9. The van der Waals surface area contributed by atoms with E-state index in [1.807, 2.05) is 0 Å². The largest absolute Gasteiger partial charge is 0.508 e. The van der Waals surface area contributed by atoms with Gasteiger partial charge in [-0.05, 0) is 30.3 Å². The molecule has 3 N–H and O–H groups in total. The van der Waals surface area contributed by atoms with Crippen LogP contribution in [-0.4, -0.2) is 15.1 Å². The molecule has 0 unspecified atom stereocenters. The highest BCUT2D eigenvalue weighted by atomic mass is 19.4. The third-order valence-electron chi connectivity index (χ3n) is 3.23. The second-order valence-electron chi connectivity index (χ2n) is 5.17. The molecular weight excluding hydrogens is 333 g/mol. The van der Waals surface area contributed by atoms with E-state index < -0.39 is 11.7 Å². The summed E-state index contributed by atoms with van der Waals surface area (Å²) in [5.41, 5.74) is 0.604. The van der Waals surface area contributed by atoms with Gasteiger partial charge in [0.2, 0.25) is 5.95 Å². The molecule has 0 bridgehead atoms. The maximum Gasteiger partial charge on any atom is 0.416 e. The number of anilines is 4. The SMILES string of the molecule is Oc1cccc(Nc2ncc(Nc3cccc(C(F)(F)F)c3)cn2)c1. The quantitative estimate of drug-likeness (QED) is 0.639. The van der Waals surface area contributed by atoms with Crippen LogP contribution in [0.2, 0.25) is 0 Å². The van der Waals surface area contributed by atoms with Crippen molar-refractivity contribution in [3.05, 3.63) is 66.5 Å². The van der Waals surface area contributed by atoms with Crippen LogP contribution >= 0.6 is 0 Å². The van der Waals surface area contributed by atoms with Crippen LogP contribution in [0.1, 0.15) is 5.56 Å². The van der Waals surface area contributed by atoms with E-state index in [9.17, 15) is 18.3 Å². The Balaban J connectivity index is 1.71. The van der Waals surface area contributed by atoms with Crippen LogP contribution in [0, 0.1) is 0 Å². The normalized spacial score (nSPS) is 11.2. The number of alkyl halides is 3. The summed E-state index contributed by atoms with van der Waals surface area (Å²) in [6.45, 7) is 0. The van der Waals surface area contributed by atoms with E-state index in [4.69, 9.17) is 0 Å². The molecular formula is C17H13F3N4O. The molecule has 1 heterocycles. The summed E-state index contributed by atoms with van der Waals surface area (Å²) in [6, 6.07) is 11.3. The Hall–Kier alpha value is -3.29. The zero-order chi connectivity index (χ0) is 17.9. The van der Waals surface area contributed by atoms with Crippen molar-refractivity contribution in [2.45, 2.75) is 6.18 Å². The van der Waals surface area contributed by atoms with Crippen molar-refractivity contribution in [1.29, 1.82) is 0 Å². The number of aromatic nitrogens is 2. The third-order valence-corrected chi connectivity index (χ3v) is 3.23. The molecule has 128 valence electrons. The van der Waals surface area contributed by atoms with Crippen LogP contribution in [0.5, 0.6) is 5.75 Å². The number of phenolic OH excluding ortho intramolecular Hbond substituents is 1. The number of phenols is 1. The van der Waals surface area contributed by atoms with Crippen molar-refractivity contribution < 1.29 is 18.3 Å². The van der Waals surface area contributed by atoms with E-state index >= 15 is 0 Å². The molecule has 0 saturated carbocycles. The fourth-order valence-electron chi connectivity index (χ4n) is 2.11. The second-order valence-corrected chi connectivity index (χ2v) is 5.17. The van der Waals surface area contributed by atoms with Crippen LogP contribution in [0.25, 0.3) is 0 Å². The van der Waals surface area contributed by atoms with E-state index in [1.54, 1.807) is 12.1 Å². The van der Waals surface area contributed by atoms with Gasteiger partial charge in [-0.25, -0.2) is 9.97 Å². The first-order valence-electron chi connectivity index (χ1n) is 7.22. The summed E-state index contributed by atoms with van der Waals surface area (Å²) in [5.74, 6) is 0.396. The van der Waals surface area contributed by atoms with Crippen molar-refractivity contribution in [1.82, 2.24) is 9.97 Å². The predicted molar refractivity (Wildman–Crippen MR) is 88.1 cm³/mol. The van der Waals surface area contributed by atoms with Crippen LogP contribution in [0.15, 0.2) is 60.9 Å². The number of aromatic hydroxyl groups is 1. The van der Waals surface area contributed by atoms with Gasteiger partial charge in [0, 0.05) is 17.4 Å². The summed E-state index contributed by atoms with van der Waals surface area (Å²) in [5, 5.41) is 15.1. The number of rotatable bonds is 4. The van der Waals surface area contributed by atoms with Gasteiger partial charge in [-0.1, -0.05) is 12.1 Å². The van der Waals surface area contributed by atoms with Crippen molar-refractivity contribution in [3.8, 4) is 5.75 Å². The maximum atomic E-state index is 12.7. The van der Waals surface area contributed by atoms with Gasteiger partial charge in [0.15, 0.2) is 0 Å². The average molecular weight is 346 g/mol. The first-order valence-corrected chi connectivity index (χ1v) is 7.22. The Morgan fingerprint density at radius 1 is 0.800 bits per heavy atom. The molecule has 0 amide bonds. The fraction of sp³-hybridized carbons (Fsp3) is 0.0588. The van der Waals surface area contributed by atoms with E-state index in [2.05, 4.69) is 20.6 Å². The molecule has 25 heavy (non-hydrogen) atoms. The van der Waals surface area contributed by atoms with Gasteiger partial charge in [-0.3, -0.25) is 0 Å².